The number of benzene rings is 2. The second-order valence-electron chi connectivity index (χ2n) is 6.12. The first kappa shape index (κ1) is 19.1. The van der Waals surface area contributed by atoms with Gasteiger partial charge in [-0.3, -0.25) is 9.59 Å². The molecule has 0 aromatic heterocycles. The van der Waals surface area contributed by atoms with E-state index in [1.807, 2.05) is 32.9 Å². The number of anilines is 1. The first-order chi connectivity index (χ1) is 11.8. The molecule has 1 unspecified atom stereocenters. The molecule has 0 bridgehead atoms. The maximum Gasteiger partial charge on any atom is 0.254 e. The molecule has 0 aliphatic carbocycles. The summed E-state index contributed by atoms with van der Waals surface area (Å²) in [4.78, 5) is 24.9. The molecule has 2 aromatic rings. The minimum Gasteiger partial charge on any atom is -0.340 e. The molecule has 1 atom stereocenters. The number of nitrogens with one attached hydrogen (secondary N) is 2. The van der Waals surface area contributed by atoms with Gasteiger partial charge in [-0.1, -0.05) is 41.9 Å². The first-order valence-electron chi connectivity index (χ1n) is 7.92. The van der Waals surface area contributed by atoms with Crippen molar-refractivity contribution in [1.29, 1.82) is 0 Å². The SMILES string of the molecule is Cc1cc(Br)ccc1NC(=O)C(NC(=O)c1ccccc1F)C(C)C. The summed E-state index contributed by atoms with van der Waals surface area (Å²) in [5, 5.41) is 5.45. The number of carbonyl (C=O) groups is 2. The highest BCUT2D eigenvalue weighted by atomic mass is 79.9. The molecule has 0 radical (unpaired) electrons. The van der Waals surface area contributed by atoms with Gasteiger partial charge in [0.25, 0.3) is 5.91 Å². The monoisotopic (exact) mass is 406 g/mol. The normalized spacial score (nSPS) is 11.9. The number of halogens is 2. The van der Waals surface area contributed by atoms with Crippen LogP contribution in [0.5, 0.6) is 0 Å². The van der Waals surface area contributed by atoms with Gasteiger partial charge in [0, 0.05) is 10.2 Å². The van der Waals surface area contributed by atoms with E-state index in [1.54, 1.807) is 12.1 Å². The molecular weight excluding hydrogens is 387 g/mol. The standard InChI is InChI=1S/C19H20BrFN2O2/c1-11(2)17(23-18(24)14-6-4-5-7-15(14)21)19(25)22-16-9-8-13(20)10-12(16)3/h4-11,17H,1-3H3,(H,22,25)(H,23,24). The lowest BCUT2D eigenvalue weighted by Gasteiger charge is -2.22. The number of hydrogen-bond acceptors (Lipinski definition) is 2. The molecule has 0 aliphatic heterocycles. The molecule has 2 N–H and O–H groups in total. The van der Waals surface area contributed by atoms with Crippen LogP contribution in [0, 0.1) is 18.7 Å². The predicted octanol–water partition coefficient (Wildman–Crippen LogP) is 4.29. The van der Waals surface area contributed by atoms with Gasteiger partial charge in [-0.15, -0.1) is 0 Å². The van der Waals surface area contributed by atoms with Crippen molar-refractivity contribution in [3.8, 4) is 0 Å². The van der Waals surface area contributed by atoms with E-state index in [9.17, 15) is 14.0 Å². The van der Waals surface area contributed by atoms with Crippen LogP contribution in [-0.2, 0) is 4.79 Å². The van der Waals surface area contributed by atoms with Crippen molar-refractivity contribution in [3.63, 3.8) is 0 Å². The van der Waals surface area contributed by atoms with Gasteiger partial charge >= 0.3 is 0 Å². The lowest BCUT2D eigenvalue weighted by Crippen LogP contribution is -2.47. The topological polar surface area (TPSA) is 58.2 Å². The van der Waals surface area contributed by atoms with Crippen LogP contribution in [0.4, 0.5) is 10.1 Å². The lowest BCUT2D eigenvalue weighted by atomic mass is 10.0. The van der Waals surface area contributed by atoms with E-state index in [1.165, 1.54) is 18.2 Å². The van der Waals surface area contributed by atoms with E-state index < -0.39 is 17.8 Å². The van der Waals surface area contributed by atoms with Crippen molar-refractivity contribution in [1.82, 2.24) is 5.32 Å². The molecule has 132 valence electrons. The van der Waals surface area contributed by atoms with Gasteiger partial charge in [0.1, 0.15) is 11.9 Å². The Kier molecular flexibility index (Phi) is 6.31. The summed E-state index contributed by atoms with van der Waals surface area (Å²) in [7, 11) is 0. The smallest absolute Gasteiger partial charge is 0.254 e. The zero-order valence-corrected chi connectivity index (χ0v) is 15.9. The molecule has 0 fully saturated rings. The predicted molar refractivity (Wildman–Crippen MR) is 100 cm³/mol. The van der Waals surface area contributed by atoms with Gasteiger partial charge in [-0.05, 0) is 48.7 Å². The zero-order valence-electron chi connectivity index (χ0n) is 14.3. The second kappa shape index (κ2) is 8.25. The Hall–Kier alpha value is -2.21. The molecule has 2 aromatic carbocycles. The third kappa shape index (κ3) is 4.89. The van der Waals surface area contributed by atoms with Crippen LogP contribution in [0.25, 0.3) is 0 Å². The van der Waals surface area contributed by atoms with Crippen molar-refractivity contribution in [2.75, 3.05) is 5.32 Å². The van der Waals surface area contributed by atoms with E-state index in [4.69, 9.17) is 0 Å². The molecule has 0 aliphatic rings. The Balaban J connectivity index is 2.16. The maximum atomic E-state index is 13.8. The Bertz CT molecular complexity index is 793. The molecule has 2 amide bonds. The highest BCUT2D eigenvalue weighted by Gasteiger charge is 2.26. The average Bonchev–Trinajstić information content (AvgIpc) is 2.55. The van der Waals surface area contributed by atoms with Gasteiger partial charge in [0.15, 0.2) is 0 Å². The zero-order chi connectivity index (χ0) is 18.6. The van der Waals surface area contributed by atoms with Gasteiger partial charge < -0.3 is 10.6 Å². The van der Waals surface area contributed by atoms with Gasteiger partial charge in [-0.25, -0.2) is 4.39 Å². The summed E-state index contributed by atoms with van der Waals surface area (Å²) >= 11 is 3.37. The van der Waals surface area contributed by atoms with Crippen molar-refractivity contribution < 1.29 is 14.0 Å². The third-order valence-electron chi connectivity index (χ3n) is 3.80. The summed E-state index contributed by atoms with van der Waals surface area (Å²) in [5.41, 5.74) is 1.48. The lowest BCUT2D eigenvalue weighted by molar-refractivity contribution is -0.118. The Labute approximate surface area is 154 Å². The minimum absolute atomic E-state index is 0.0826. The molecule has 6 heteroatoms. The maximum absolute atomic E-state index is 13.8. The molecule has 0 heterocycles. The summed E-state index contributed by atoms with van der Waals surface area (Å²) in [5.74, 6) is -1.73. The summed E-state index contributed by atoms with van der Waals surface area (Å²) in [6.45, 7) is 5.52. The highest BCUT2D eigenvalue weighted by Crippen LogP contribution is 2.20. The Morgan fingerprint density at radius 2 is 1.80 bits per heavy atom. The minimum atomic E-state index is -0.782. The van der Waals surface area contributed by atoms with Crippen LogP contribution in [0.15, 0.2) is 46.9 Å². The fourth-order valence-electron chi connectivity index (χ4n) is 2.38. The van der Waals surface area contributed by atoms with Crippen LogP contribution >= 0.6 is 15.9 Å². The molecule has 0 saturated carbocycles. The molecule has 0 saturated heterocycles. The summed E-state index contributed by atoms with van der Waals surface area (Å²) in [6.07, 6.45) is 0. The first-order valence-corrected chi connectivity index (χ1v) is 8.71. The fourth-order valence-corrected chi connectivity index (χ4v) is 2.85. The number of hydrogen-bond donors (Lipinski definition) is 2. The number of aryl methyl sites for hydroxylation is 1. The van der Waals surface area contributed by atoms with Gasteiger partial charge in [0.05, 0.1) is 5.56 Å². The average molecular weight is 407 g/mol. The van der Waals surface area contributed by atoms with Crippen molar-refractivity contribution in [3.05, 3.63) is 63.9 Å². The van der Waals surface area contributed by atoms with Crippen LogP contribution in [0.1, 0.15) is 29.8 Å². The quantitative estimate of drug-likeness (QED) is 0.777. The van der Waals surface area contributed by atoms with Crippen LogP contribution < -0.4 is 10.6 Å². The van der Waals surface area contributed by atoms with E-state index in [-0.39, 0.29) is 17.4 Å². The van der Waals surface area contributed by atoms with E-state index >= 15 is 0 Å². The number of rotatable bonds is 5. The van der Waals surface area contributed by atoms with Crippen LogP contribution in [0.3, 0.4) is 0 Å². The Morgan fingerprint density at radius 1 is 1.12 bits per heavy atom. The highest BCUT2D eigenvalue weighted by molar-refractivity contribution is 9.10. The third-order valence-corrected chi connectivity index (χ3v) is 4.29. The summed E-state index contributed by atoms with van der Waals surface area (Å²) < 4.78 is 14.7. The van der Waals surface area contributed by atoms with E-state index in [0.29, 0.717) is 5.69 Å². The van der Waals surface area contributed by atoms with Crippen LogP contribution in [-0.4, -0.2) is 17.9 Å². The molecule has 25 heavy (non-hydrogen) atoms. The molecule has 0 spiro atoms. The molecule has 2 rings (SSSR count). The molecule has 4 nitrogen and oxygen atoms in total. The van der Waals surface area contributed by atoms with Crippen molar-refractivity contribution in [2.24, 2.45) is 5.92 Å². The van der Waals surface area contributed by atoms with E-state index in [0.717, 1.165) is 10.0 Å². The largest absolute Gasteiger partial charge is 0.340 e. The van der Waals surface area contributed by atoms with Crippen LogP contribution in [0.2, 0.25) is 0 Å². The fraction of sp³-hybridized carbons (Fsp3) is 0.263. The number of amides is 2. The van der Waals surface area contributed by atoms with Gasteiger partial charge in [-0.2, -0.15) is 0 Å². The molecular formula is C19H20BrFN2O2. The Morgan fingerprint density at radius 3 is 2.40 bits per heavy atom. The number of carbonyl (C=O) groups excluding carboxylic acids is 2. The van der Waals surface area contributed by atoms with Crippen molar-refractivity contribution in [2.45, 2.75) is 26.8 Å². The summed E-state index contributed by atoms with van der Waals surface area (Å²) in [6, 6.07) is 10.4. The second-order valence-corrected chi connectivity index (χ2v) is 7.04. The van der Waals surface area contributed by atoms with E-state index in [2.05, 4.69) is 26.6 Å². The van der Waals surface area contributed by atoms with Crippen molar-refractivity contribution >= 4 is 33.4 Å². The van der Waals surface area contributed by atoms with Gasteiger partial charge in [0.2, 0.25) is 5.91 Å².